The SMILES string of the molecule is CC(NC(=O)c1ccc(OCc2ccccc2Cl)cc1)c1ccccc1. The number of ether oxygens (including phenoxy) is 1. The molecule has 132 valence electrons. The van der Waals surface area contributed by atoms with Gasteiger partial charge in [0.15, 0.2) is 0 Å². The summed E-state index contributed by atoms with van der Waals surface area (Å²) in [7, 11) is 0. The lowest BCUT2D eigenvalue weighted by Crippen LogP contribution is -2.26. The Morgan fingerprint density at radius 2 is 1.62 bits per heavy atom. The summed E-state index contributed by atoms with van der Waals surface area (Å²) >= 11 is 6.12. The van der Waals surface area contributed by atoms with Gasteiger partial charge in [-0.1, -0.05) is 60.1 Å². The number of nitrogens with one attached hydrogen (secondary N) is 1. The zero-order valence-electron chi connectivity index (χ0n) is 14.5. The maximum Gasteiger partial charge on any atom is 0.251 e. The van der Waals surface area contributed by atoms with E-state index in [1.807, 2.05) is 61.5 Å². The molecule has 3 rings (SSSR count). The summed E-state index contributed by atoms with van der Waals surface area (Å²) < 4.78 is 5.74. The molecule has 26 heavy (non-hydrogen) atoms. The molecule has 4 heteroatoms. The average molecular weight is 366 g/mol. The summed E-state index contributed by atoms with van der Waals surface area (Å²) in [5, 5.41) is 3.68. The van der Waals surface area contributed by atoms with Crippen molar-refractivity contribution < 1.29 is 9.53 Å². The minimum atomic E-state index is -0.112. The van der Waals surface area contributed by atoms with E-state index in [0.717, 1.165) is 11.1 Å². The van der Waals surface area contributed by atoms with Gasteiger partial charge in [-0.25, -0.2) is 0 Å². The van der Waals surface area contributed by atoms with Crippen molar-refractivity contribution in [1.29, 1.82) is 0 Å². The lowest BCUT2D eigenvalue weighted by molar-refractivity contribution is 0.0940. The molecule has 3 aromatic carbocycles. The highest BCUT2D eigenvalue weighted by atomic mass is 35.5. The summed E-state index contributed by atoms with van der Waals surface area (Å²) in [5.74, 6) is 0.580. The van der Waals surface area contributed by atoms with Crippen molar-refractivity contribution >= 4 is 17.5 Å². The first kappa shape index (κ1) is 18.0. The van der Waals surface area contributed by atoms with Crippen molar-refractivity contribution in [2.24, 2.45) is 0 Å². The van der Waals surface area contributed by atoms with Crippen LogP contribution in [0.25, 0.3) is 0 Å². The zero-order chi connectivity index (χ0) is 18.4. The largest absolute Gasteiger partial charge is 0.489 e. The summed E-state index contributed by atoms with van der Waals surface area (Å²) in [6.45, 7) is 2.35. The van der Waals surface area contributed by atoms with Crippen molar-refractivity contribution in [2.45, 2.75) is 19.6 Å². The molecule has 0 saturated heterocycles. The Morgan fingerprint density at radius 1 is 0.962 bits per heavy atom. The van der Waals surface area contributed by atoms with Crippen molar-refractivity contribution in [2.75, 3.05) is 0 Å². The molecular formula is C22H20ClNO2. The Labute approximate surface area is 158 Å². The monoisotopic (exact) mass is 365 g/mol. The highest BCUT2D eigenvalue weighted by molar-refractivity contribution is 6.31. The van der Waals surface area contributed by atoms with Gasteiger partial charge in [-0.3, -0.25) is 4.79 Å². The van der Waals surface area contributed by atoms with Gasteiger partial charge in [0.05, 0.1) is 6.04 Å². The molecule has 0 radical (unpaired) electrons. The fourth-order valence-corrected chi connectivity index (χ4v) is 2.77. The van der Waals surface area contributed by atoms with Crippen LogP contribution in [0.5, 0.6) is 5.75 Å². The predicted octanol–water partition coefficient (Wildman–Crippen LogP) is 5.41. The van der Waals surface area contributed by atoms with Crippen LogP contribution in [0, 0.1) is 0 Å². The second-order valence-corrected chi connectivity index (χ2v) is 6.42. The quantitative estimate of drug-likeness (QED) is 0.634. The third-order valence-electron chi connectivity index (χ3n) is 4.12. The molecule has 0 spiro atoms. The second-order valence-electron chi connectivity index (χ2n) is 6.01. The van der Waals surface area contributed by atoms with Gasteiger partial charge in [0, 0.05) is 16.1 Å². The third kappa shape index (κ3) is 4.64. The number of hydrogen-bond donors (Lipinski definition) is 1. The molecule has 0 fully saturated rings. The van der Waals surface area contributed by atoms with E-state index < -0.39 is 0 Å². The lowest BCUT2D eigenvalue weighted by atomic mass is 10.1. The first-order valence-corrected chi connectivity index (χ1v) is 8.83. The second kappa shape index (κ2) is 8.54. The number of carbonyl (C=O) groups excluding carboxylic acids is 1. The Balaban J connectivity index is 1.58. The van der Waals surface area contributed by atoms with E-state index in [9.17, 15) is 4.79 Å². The number of halogens is 1. The predicted molar refractivity (Wildman–Crippen MR) is 105 cm³/mol. The van der Waals surface area contributed by atoms with Crippen LogP contribution in [0.15, 0.2) is 78.9 Å². The number of rotatable bonds is 6. The van der Waals surface area contributed by atoms with Crippen LogP contribution in [0.3, 0.4) is 0 Å². The van der Waals surface area contributed by atoms with Crippen LogP contribution in [-0.4, -0.2) is 5.91 Å². The van der Waals surface area contributed by atoms with Gasteiger partial charge >= 0.3 is 0 Å². The number of hydrogen-bond acceptors (Lipinski definition) is 2. The fraction of sp³-hybridized carbons (Fsp3) is 0.136. The fourth-order valence-electron chi connectivity index (χ4n) is 2.58. The summed E-state index contributed by atoms with van der Waals surface area (Å²) in [5.41, 5.74) is 2.59. The molecule has 0 aliphatic carbocycles. The Kier molecular flexibility index (Phi) is 5.92. The molecule has 0 aliphatic heterocycles. The van der Waals surface area contributed by atoms with Crippen molar-refractivity contribution in [3.05, 3.63) is 101 Å². The van der Waals surface area contributed by atoms with Gasteiger partial charge in [-0.15, -0.1) is 0 Å². The zero-order valence-corrected chi connectivity index (χ0v) is 15.2. The van der Waals surface area contributed by atoms with Crippen LogP contribution in [-0.2, 0) is 6.61 Å². The molecule has 1 atom stereocenters. The maximum atomic E-state index is 12.4. The van der Waals surface area contributed by atoms with E-state index in [1.165, 1.54) is 0 Å². The molecular weight excluding hydrogens is 346 g/mol. The van der Waals surface area contributed by atoms with Gasteiger partial charge in [-0.2, -0.15) is 0 Å². The summed E-state index contributed by atoms with van der Waals surface area (Å²) in [4.78, 5) is 12.4. The van der Waals surface area contributed by atoms with Crippen LogP contribution in [0.2, 0.25) is 5.02 Å². The van der Waals surface area contributed by atoms with Gasteiger partial charge in [-0.05, 0) is 42.8 Å². The van der Waals surface area contributed by atoms with Crippen LogP contribution >= 0.6 is 11.6 Å². The number of carbonyl (C=O) groups is 1. The van der Waals surface area contributed by atoms with Crippen molar-refractivity contribution in [3.63, 3.8) is 0 Å². The number of benzene rings is 3. The van der Waals surface area contributed by atoms with Crippen molar-refractivity contribution in [1.82, 2.24) is 5.32 Å². The normalized spacial score (nSPS) is 11.6. The van der Waals surface area contributed by atoms with E-state index in [4.69, 9.17) is 16.3 Å². The van der Waals surface area contributed by atoms with E-state index in [-0.39, 0.29) is 11.9 Å². The molecule has 3 nitrogen and oxygen atoms in total. The molecule has 0 saturated carbocycles. The van der Waals surface area contributed by atoms with Gasteiger partial charge < -0.3 is 10.1 Å². The Morgan fingerprint density at radius 3 is 2.31 bits per heavy atom. The average Bonchev–Trinajstić information content (AvgIpc) is 2.68. The van der Waals surface area contributed by atoms with E-state index >= 15 is 0 Å². The Bertz CT molecular complexity index is 863. The highest BCUT2D eigenvalue weighted by Gasteiger charge is 2.11. The number of amides is 1. The van der Waals surface area contributed by atoms with Crippen LogP contribution < -0.4 is 10.1 Å². The van der Waals surface area contributed by atoms with Gasteiger partial charge in [0.1, 0.15) is 12.4 Å². The molecule has 0 aromatic heterocycles. The van der Waals surface area contributed by atoms with E-state index in [2.05, 4.69) is 5.32 Å². The lowest BCUT2D eigenvalue weighted by Gasteiger charge is -2.14. The van der Waals surface area contributed by atoms with Crippen molar-refractivity contribution in [3.8, 4) is 5.75 Å². The highest BCUT2D eigenvalue weighted by Crippen LogP contribution is 2.19. The Hall–Kier alpha value is -2.78. The van der Waals surface area contributed by atoms with Crippen LogP contribution in [0.4, 0.5) is 0 Å². The minimum absolute atomic E-state index is 0.0557. The summed E-state index contributed by atoms with van der Waals surface area (Å²) in [6, 6.07) is 24.5. The molecule has 0 aliphatic rings. The maximum absolute atomic E-state index is 12.4. The summed E-state index contributed by atoms with van der Waals surface area (Å²) in [6.07, 6.45) is 0. The standard InChI is InChI=1S/C22H20ClNO2/c1-16(17-7-3-2-4-8-17)24-22(25)18-11-13-20(14-12-18)26-15-19-9-5-6-10-21(19)23/h2-14,16H,15H2,1H3,(H,24,25). The molecule has 3 aromatic rings. The first-order valence-electron chi connectivity index (χ1n) is 8.45. The third-order valence-corrected chi connectivity index (χ3v) is 4.48. The molecule has 0 heterocycles. The molecule has 1 N–H and O–H groups in total. The topological polar surface area (TPSA) is 38.3 Å². The smallest absolute Gasteiger partial charge is 0.251 e. The van der Waals surface area contributed by atoms with Crippen LogP contribution in [0.1, 0.15) is 34.5 Å². The molecule has 0 bridgehead atoms. The minimum Gasteiger partial charge on any atom is -0.489 e. The van der Waals surface area contributed by atoms with E-state index in [1.54, 1.807) is 24.3 Å². The molecule has 1 unspecified atom stereocenters. The van der Waals surface area contributed by atoms with Gasteiger partial charge in [0.2, 0.25) is 0 Å². The van der Waals surface area contributed by atoms with Gasteiger partial charge in [0.25, 0.3) is 5.91 Å². The van der Waals surface area contributed by atoms with E-state index in [0.29, 0.717) is 22.9 Å². The molecule has 1 amide bonds. The first-order chi connectivity index (χ1) is 12.6.